The van der Waals surface area contributed by atoms with Gasteiger partial charge in [-0.05, 0) is 37.8 Å². The lowest BCUT2D eigenvalue weighted by Gasteiger charge is -2.10. The maximum absolute atomic E-state index is 11.8. The second-order valence-corrected chi connectivity index (χ2v) is 6.48. The monoisotopic (exact) mass is 304 g/mol. The molecule has 0 radical (unpaired) electrons. The van der Waals surface area contributed by atoms with Gasteiger partial charge in [0.05, 0.1) is 21.3 Å². The number of nitrogens with zero attached hydrogens (tertiary/aromatic N) is 1. The zero-order valence-corrected chi connectivity index (χ0v) is 12.8. The summed E-state index contributed by atoms with van der Waals surface area (Å²) in [5, 5.41) is 4.07. The van der Waals surface area contributed by atoms with Crippen LogP contribution in [0.15, 0.2) is 24.3 Å². The van der Waals surface area contributed by atoms with Crippen molar-refractivity contribution in [2.45, 2.75) is 38.2 Å². The van der Waals surface area contributed by atoms with Crippen LogP contribution in [0.2, 0.25) is 0 Å². The molecule has 4 nitrogen and oxygen atoms in total. The number of rotatable bonds is 6. The van der Waals surface area contributed by atoms with E-state index in [0.29, 0.717) is 13.0 Å². The first-order chi connectivity index (χ1) is 10.3. The highest BCUT2D eigenvalue weighted by Gasteiger charge is 2.15. The predicted octanol–water partition coefficient (Wildman–Crippen LogP) is 2.91. The molecule has 1 atom stereocenters. The molecule has 3 rings (SSSR count). The minimum atomic E-state index is 0.117. The van der Waals surface area contributed by atoms with Gasteiger partial charge in [0, 0.05) is 19.6 Å². The van der Waals surface area contributed by atoms with Crippen LogP contribution in [0.25, 0.3) is 10.2 Å². The zero-order valence-electron chi connectivity index (χ0n) is 12.0. The molecule has 5 heteroatoms. The van der Waals surface area contributed by atoms with E-state index < -0.39 is 0 Å². The van der Waals surface area contributed by atoms with Crippen molar-refractivity contribution >= 4 is 27.5 Å². The Labute approximate surface area is 128 Å². The number of fused-ring (bicyclic) bond motifs is 1. The number of hydrogen-bond acceptors (Lipinski definition) is 4. The van der Waals surface area contributed by atoms with Gasteiger partial charge in [-0.15, -0.1) is 11.3 Å². The molecule has 0 spiro atoms. The first-order valence-corrected chi connectivity index (χ1v) is 8.35. The Kier molecular flexibility index (Phi) is 4.83. The third kappa shape index (κ3) is 4.02. The number of aromatic nitrogens is 1. The van der Waals surface area contributed by atoms with E-state index in [4.69, 9.17) is 4.74 Å². The number of aryl methyl sites for hydroxylation is 1. The van der Waals surface area contributed by atoms with Gasteiger partial charge in [0.25, 0.3) is 0 Å². The summed E-state index contributed by atoms with van der Waals surface area (Å²) < 4.78 is 6.71. The Morgan fingerprint density at radius 1 is 1.43 bits per heavy atom. The van der Waals surface area contributed by atoms with E-state index in [1.165, 1.54) is 4.70 Å². The summed E-state index contributed by atoms with van der Waals surface area (Å²) in [6, 6.07) is 8.15. The van der Waals surface area contributed by atoms with Gasteiger partial charge < -0.3 is 10.1 Å². The predicted molar refractivity (Wildman–Crippen MR) is 84.5 cm³/mol. The van der Waals surface area contributed by atoms with Gasteiger partial charge in [0.15, 0.2) is 0 Å². The quantitative estimate of drug-likeness (QED) is 0.892. The third-order valence-electron chi connectivity index (χ3n) is 3.68. The van der Waals surface area contributed by atoms with Crippen LogP contribution in [0.5, 0.6) is 0 Å². The van der Waals surface area contributed by atoms with E-state index in [2.05, 4.69) is 16.4 Å². The van der Waals surface area contributed by atoms with Crippen LogP contribution in [-0.4, -0.2) is 30.1 Å². The fourth-order valence-electron chi connectivity index (χ4n) is 2.55. The van der Waals surface area contributed by atoms with E-state index in [1.54, 1.807) is 11.3 Å². The first-order valence-electron chi connectivity index (χ1n) is 7.54. The summed E-state index contributed by atoms with van der Waals surface area (Å²) in [5.74, 6) is 0.117. The second-order valence-electron chi connectivity index (χ2n) is 5.37. The fraction of sp³-hybridized carbons (Fsp3) is 0.500. The highest BCUT2D eigenvalue weighted by molar-refractivity contribution is 7.18. The number of hydrogen-bond donors (Lipinski definition) is 1. The maximum atomic E-state index is 11.8. The van der Waals surface area contributed by atoms with Gasteiger partial charge in [-0.2, -0.15) is 0 Å². The molecule has 112 valence electrons. The Bertz CT molecular complexity index is 572. The summed E-state index contributed by atoms with van der Waals surface area (Å²) in [5.41, 5.74) is 1.06. The largest absolute Gasteiger partial charge is 0.376 e. The smallest absolute Gasteiger partial charge is 0.220 e. The SMILES string of the molecule is O=C(CCCc1nc2ccccc2s1)NC[C@H]1CCCO1. The average molecular weight is 304 g/mol. The van der Waals surface area contributed by atoms with Crippen LogP contribution in [0.4, 0.5) is 0 Å². The molecule has 1 fully saturated rings. The van der Waals surface area contributed by atoms with Gasteiger partial charge in [0.2, 0.25) is 5.91 Å². The average Bonchev–Trinajstić information content (AvgIpc) is 3.14. The molecular formula is C16H20N2O2S. The Hall–Kier alpha value is -1.46. The van der Waals surface area contributed by atoms with Crippen LogP contribution in [0.1, 0.15) is 30.7 Å². The Morgan fingerprint density at radius 3 is 3.14 bits per heavy atom. The molecule has 1 aliphatic heterocycles. The van der Waals surface area contributed by atoms with Gasteiger partial charge in [-0.25, -0.2) is 4.98 Å². The molecule has 1 aromatic heterocycles. The first kappa shape index (κ1) is 14.5. The normalized spacial score (nSPS) is 18.2. The van der Waals surface area contributed by atoms with Crippen molar-refractivity contribution < 1.29 is 9.53 Å². The number of carbonyl (C=O) groups excluding carboxylic acids is 1. The highest BCUT2D eigenvalue weighted by Crippen LogP contribution is 2.22. The van der Waals surface area contributed by atoms with Crippen molar-refractivity contribution in [3.8, 4) is 0 Å². The van der Waals surface area contributed by atoms with E-state index in [-0.39, 0.29) is 12.0 Å². The van der Waals surface area contributed by atoms with Crippen molar-refractivity contribution in [3.63, 3.8) is 0 Å². The van der Waals surface area contributed by atoms with Crippen molar-refractivity contribution in [1.29, 1.82) is 0 Å². The second kappa shape index (κ2) is 7.00. The fourth-order valence-corrected chi connectivity index (χ4v) is 3.56. The molecule has 21 heavy (non-hydrogen) atoms. The van der Waals surface area contributed by atoms with E-state index in [0.717, 1.165) is 42.8 Å². The third-order valence-corrected chi connectivity index (χ3v) is 4.78. The number of amides is 1. The summed E-state index contributed by atoms with van der Waals surface area (Å²) in [4.78, 5) is 16.4. The standard InChI is InChI=1S/C16H20N2O2S/c19-15(17-11-12-5-4-10-20-12)8-3-9-16-18-13-6-1-2-7-14(13)21-16/h1-2,6-7,12H,3-5,8-11H2,(H,17,19)/t12-/m1/s1. The van der Waals surface area contributed by atoms with Crippen molar-refractivity contribution in [2.24, 2.45) is 0 Å². The minimum absolute atomic E-state index is 0.117. The summed E-state index contributed by atoms with van der Waals surface area (Å²) in [7, 11) is 0. The Balaban J connectivity index is 1.39. The van der Waals surface area contributed by atoms with Crippen LogP contribution in [-0.2, 0) is 16.0 Å². The molecule has 0 aliphatic carbocycles. The summed E-state index contributed by atoms with van der Waals surface area (Å²) in [6.07, 6.45) is 4.66. The number of carbonyl (C=O) groups is 1. The molecular weight excluding hydrogens is 284 g/mol. The number of ether oxygens (including phenoxy) is 1. The van der Waals surface area contributed by atoms with Crippen LogP contribution in [0, 0.1) is 0 Å². The lowest BCUT2D eigenvalue weighted by atomic mass is 10.2. The van der Waals surface area contributed by atoms with Gasteiger partial charge >= 0.3 is 0 Å². The van der Waals surface area contributed by atoms with E-state index in [1.807, 2.05) is 18.2 Å². The highest BCUT2D eigenvalue weighted by atomic mass is 32.1. The van der Waals surface area contributed by atoms with Gasteiger partial charge in [0.1, 0.15) is 0 Å². The lowest BCUT2D eigenvalue weighted by Crippen LogP contribution is -2.31. The van der Waals surface area contributed by atoms with E-state index in [9.17, 15) is 4.79 Å². The molecule has 0 bridgehead atoms. The van der Waals surface area contributed by atoms with Crippen LogP contribution >= 0.6 is 11.3 Å². The molecule has 1 aromatic carbocycles. The number of nitrogens with one attached hydrogen (secondary N) is 1. The number of benzene rings is 1. The maximum Gasteiger partial charge on any atom is 0.220 e. The molecule has 2 heterocycles. The van der Waals surface area contributed by atoms with Crippen LogP contribution in [0.3, 0.4) is 0 Å². The minimum Gasteiger partial charge on any atom is -0.376 e. The van der Waals surface area contributed by atoms with Crippen LogP contribution < -0.4 is 5.32 Å². The van der Waals surface area contributed by atoms with Crippen molar-refractivity contribution in [3.05, 3.63) is 29.3 Å². The van der Waals surface area contributed by atoms with Gasteiger partial charge in [-0.3, -0.25) is 4.79 Å². The topological polar surface area (TPSA) is 51.2 Å². The number of para-hydroxylation sites is 1. The molecule has 1 N–H and O–H groups in total. The molecule has 1 amide bonds. The summed E-state index contributed by atoms with van der Waals surface area (Å²) in [6.45, 7) is 1.48. The molecule has 0 saturated carbocycles. The molecule has 2 aromatic rings. The molecule has 0 unspecified atom stereocenters. The van der Waals surface area contributed by atoms with Crippen molar-refractivity contribution in [1.82, 2.24) is 10.3 Å². The number of thiazole rings is 1. The Morgan fingerprint density at radius 2 is 2.33 bits per heavy atom. The zero-order chi connectivity index (χ0) is 14.5. The lowest BCUT2D eigenvalue weighted by molar-refractivity contribution is -0.121. The molecule has 1 aliphatic rings. The molecule has 1 saturated heterocycles. The van der Waals surface area contributed by atoms with Crippen molar-refractivity contribution in [2.75, 3.05) is 13.2 Å². The van der Waals surface area contributed by atoms with E-state index >= 15 is 0 Å². The van der Waals surface area contributed by atoms with Gasteiger partial charge in [-0.1, -0.05) is 12.1 Å². The summed E-state index contributed by atoms with van der Waals surface area (Å²) >= 11 is 1.72.